The highest BCUT2D eigenvalue weighted by atomic mass is 35.5. The predicted molar refractivity (Wildman–Crippen MR) is 136 cm³/mol. The molecule has 2 aromatic rings. The second-order valence-electron chi connectivity index (χ2n) is 9.26. The van der Waals surface area contributed by atoms with Crippen molar-refractivity contribution in [1.29, 1.82) is 0 Å². The lowest BCUT2D eigenvalue weighted by Crippen LogP contribution is -2.51. The van der Waals surface area contributed by atoms with Gasteiger partial charge in [-0.15, -0.1) is 0 Å². The second-order valence-corrected chi connectivity index (χ2v) is 11.5. The summed E-state index contributed by atoms with van der Waals surface area (Å²) in [7, 11) is -4.03. The van der Waals surface area contributed by atoms with E-state index >= 15 is 0 Å². The molecule has 0 aromatic heterocycles. The summed E-state index contributed by atoms with van der Waals surface area (Å²) >= 11 is 6.33. The average molecular weight is 532 g/mol. The Labute approximate surface area is 216 Å². The van der Waals surface area contributed by atoms with Crippen LogP contribution in [0.15, 0.2) is 53.4 Å². The van der Waals surface area contributed by atoms with E-state index in [-0.39, 0.29) is 41.9 Å². The van der Waals surface area contributed by atoms with Crippen LogP contribution in [0.5, 0.6) is 0 Å². The van der Waals surface area contributed by atoms with Gasteiger partial charge in [0.05, 0.1) is 5.56 Å². The van der Waals surface area contributed by atoms with E-state index in [1.165, 1.54) is 17.0 Å². The molecule has 0 spiro atoms. The number of nitrogens with one attached hydrogen (secondary N) is 1. The van der Waals surface area contributed by atoms with Crippen molar-refractivity contribution in [3.63, 3.8) is 0 Å². The number of hydrogen-bond acceptors (Lipinski definition) is 5. The number of hydrogen-bond donors (Lipinski definition) is 1. The molecule has 1 N–H and O–H groups in total. The zero-order chi connectivity index (χ0) is 25.9. The van der Waals surface area contributed by atoms with Gasteiger partial charge in [-0.05, 0) is 43.5 Å². The van der Waals surface area contributed by atoms with Gasteiger partial charge >= 0.3 is 0 Å². The zero-order valence-corrected chi connectivity index (χ0v) is 21.7. The third kappa shape index (κ3) is 5.42. The van der Waals surface area contributed by atoms with Crippen LogP contribution in [-0.4, -0.2) is 54.0 Å². The third-order valence-electron chi connectivity index (χ3n) is 6.86. The minimum atomic E-state index is -4.03. The average Bonchev–Trinajstić information content (AvgIpc) is 3.07. The van der Waals surface area contributed by atoms with E-state index in [2.05, 4.69) is 5.32 Å². The van der Waals surface area contributed by atoms with Crippen molar-refractivity contribution in [3.8, 4) is 0 Å². The maximum Gasteiger partial charge on any atom is 0.269 e. The van der Waals surface area contributed by atoms with E-state index in [4.69, 9.17) is 11.6 Å². The summed E-state index contributed by atoms with van der Waals surface area (Å²) in [4.78, 5) is 40.6. The molecule has 8 nitrogen and oxygen atoms in total. The lowest BCUT2D eigenvalue weighted by atomic mass is 9.95. The molecule has 1 saturated carbocycles. The van der Waals surface area contributed by atoms with Gasteiger partial charge in [0, 0.05) is 30.6 Å². The summed E-state index contributed by atoms with van der Waals surface area (Å²) in [5, 5.41) is 3.52. The van der Waals surface area contributed by atoms with Crippen molar-refractivity contribution in [1.82, 2.24) is 14.5 Å². The number of carbonyl (C=O) groups excluding carboxylic acids is 3. The van der Waals surface area contributed by atoms with Crippen LogP contribution in [0.3, 0.4) is 0 Å². The van der Waals surface area contributed by atoms with Crippen LogP contribution in [-0.2, 0) is 26.2 Å². The monoisotopic (exact) mass is 531 g/mol. The van der Waals surface area contributed by atoms with Gasteiger partial charge in [-0.2, -0.15) is 0 Å². The van der Waals surface area contributed by atoms with Crippen LogP contribution in [0.4, 0.5) is 0 Å². The van der Waals surface area contributed by atoms with Gasteiger partial charge < -0.3 is 10.2 Å². The number of carbonyl (C=O) groups is 3. The lowest BCUT2D eigenvalue weighted by molar-refractivity contribution is -0.141. The molecule has 3 amide bonds. The van der Waals surface area contributed by atoms with E-state index in [1.807, 2.05) is 0 Å². The molecule has 4 rings (SSSR count). The topological polar surface area (TPSA) is 104 Å². The summed E-state index contributed by atoms with van der Waals surface area (Å²) in [6.45, 7) is 1.42. The molecular formula is C26H30ClN3O5S. The van der Waals surface area contributed by atoms with E-state index in [1.54, 1.807) is 43.3 Å². The number of benzene rings is 2. The van der Waals surface area contributed by atoms with Crippen LogP contribution >= 0.6 is 11.6 Å². The van der Waals surface area contributed by atoms with Crippen LogP contribution in [0, 0.1) is 0 Å². The van der Waals surface area contributed by atoms with Crippen molar-refractivity contribution < 1.29 is 22.8 Å². The normalized spacial score (nSPS) is 17.9. The minimum Gasteiger partial charge on any atom is -0.352 e. The highest BCUT2D eigenvalue weighted by molar-refractivity contribution is 7.90. The Morgan fingerprint density at radius 1 is 1.08 bits per heavy atom. The first-order valence-electron chi connectivity index (χ1n) is 12.2. The zero-order valence-electron chi connectivity index (χ0n) is 20.2. The van der Waals surface area contributed by atoms with Crippen LogP contribution in [0.25, 0.3) is 0 Å². The van der Waals surface area contributed by atoms with Crippen molar-refractivity contribution >= 4 is 39.3 Å². The van der Waals surface area contributed by atoms with E-state index in [0.717, 1.165) is 36.4 Å². The van der Waals surface area contributed by atoms with E-state index in [9.17, 15) is 22.8 Å². The predicted octanol–water partition coefficient (Wildman–Crippen LogP) is 3.74. The Morgan fingerprint density at radius 2 is 1.75 bits per heavy atom. The Hall–Kier alpha value is -2.91. The smallest absolute Gasteiger partial charge is 0.269 e. The van der Waals surface area contributed by atoms with Crippen molar-refractivity contribution in [2.45, 2.75) is 69.0 Å². The van der Waals surface area contributed by atoms with Gasteiger partial charge in [0.15, 0.2) is 0 Å². The molecule has 1 fully saturated rings. The fraction of sp³-hybridized carbons (Fsp3) is 0.423. The van der Waals surface area contributed by atoms with Crippen LogP contribution in [0.1, 0.15) is 61.4 Å². The Balaban J connectivity index is 1.51. The summed E-state index contributed by atoms with van der Waals surface area (Å²) < 4.78 is 26.5. The summed E-state index contributed by atoms with van der Waals surface area (Å²) in [5.41, 5.74) is 0.764. The minimum absolute atomic E-state index is 0.0596. The van der Waals surface area contributed by atoms with E-state index in [0.29, 0.717) is 10.6 Å². The van der Waals surface area contributed by atoms with Gasteiger partial charge in [-0.1, -0.05) is 61.2 Å². The molecule has 0 radical (unpaired) electrons. The molecule has 1 aliphatic carbocycles. The van der Waals surface area contributed by atoms with Crippen molar-refractivity contribution in [2.24, 2.45) is 0 Å². The maximum atomic E-state index is 13.4. The van der Waals surface area contributed by atoms with E-state index < -0.39 is 27.9 Å². The van der Waals surface area contributed by atoms with Crippen LogP contribution < -0.4 is 5.32 Å². The van der Waals surface area contributed by atoms with Crippen molar-refractivity contribution in [2.75, 3.05) is 6.54 Å². The molecule has 1 aliphatic heterocycles. The number of nitrogens with zero attached hydrogens (tertiary/aromatic N) is 2. The molecule has 1 unspecified atom stereocenters. The van der Waals surface area contributed by atoms with Gasteiger partial charge in [0.1, 0.15) is 10.9 Å². The highest BCUT2D eigenvalue weighted by Gasteiger charge is 2.41. The fourth-order valence-corrected chi connectivity index (χ4v) is 6.52. The summed E-state index contributed by atoms with van der Waals surface area (Å²) in [6.07, 6.45) is 4.83. The summed E-state index contributed by atoms with van der Waals surface area (Å²) in [5.74, 6) is -1.36. The number of amides is 3. The largest absolute Gasteiger partial charge is 0.352 e. The maximum absolute atomic E-state index is 13.4. The molecule has 1 atom stereocenters. The molecule has 0 saturated heterocycles. The molecule has 2 aliphatic rings. The van der Waals surface area contributed by atoms with Gasteiger partial charge in [-0.3, -0.25) is 14.4 Å². The van der Waals surface area contributed by atoms with Crippen LogP contribution in [0.2, 0.25) is 5.02 Å². The Kier molecular flexibility index (Phi) is 8.00. The molecule has 2 aromatic carbocycles. The Bertz CT molecular complexity index is 1260. The molecule has 10 heteroatoms. The first-order valence-corrected chi connectivity index (χ1v) is 14.0. The number of fused-ring (bicyclic) bond motifs is 1. The quantitative estimate of drug-likeness (QED) is 0.559. The molecular weight excluding hydrogens is 502 g/mol. The Morgan fingerprint density at radius 3 is 2.44 bits per heavy atom. The summed E-state index contributed by atoms with van der Waals surface area (Å²) in [6, 6.07) is 12.3. The third-order valence-corrected chi connectivity index (χ3v) is 9.07. The molecule has 192 valence electrons. The molecule has 0 bridgehead atoms. The number of rotatable bonds is 8. The lowest BCUT2D eigenvalue weighted by Gasteiger charge is -2.31. The van der Waals surface area contributed by atoms with Gasteiger partial charge in [-0.25, -0.2) is 12.7 Å². The standard InChI is InChI=1S/C26H30ClN3O5S/c1-18(25(32)28-20-10-3-2-4-11-20)29(17-19-9-5-7-13-22(19)27)24(31)15-16-30-26(33)21-12-6-8-14-23(21)36(30,34)35/h5-9,12-14,18,20H,2-4,10-11,15-17H2,1H3,(H,28,32). The number of sulfonamides is 1. The van der Waals surface area contributed by atoms with Gasteiger partial charge in [0.25, 0.3) is 15.9 Å². The molecule has 36 heavy (non-hydrogen) atoms. The second kappa shape index (κ2) is 11.0. The SMILES string of the molecule is CC(C(=O)NC1CCCCC1)N(Cc1ccccc1Cl)C(=O)CCN1C(=O)c2ccccc2S1(=O)=O. The van der Waals surface area contributed by atoms with Gasteiger partial charge in [0.2, 0.25) is 11.8 Å². The molecule has 1 heterocycles. The number of halogens is 1. The van der Waals surface area contributed by atoms with Crippen molar-refractivity contribution in [3.05, 3.63) is 64.7 Å². The first-order chi connectivity index (χ1) is 17.2. The first kappa shape index (κ1) is 26.2. The fourth-order valence-electron chi connectivity index (χ4n) is 4.75. The highest BCUT2D eigenvalue weighted by Crippen LogP contribution is 2.30.